The second-order valence-corrected chi connectivity index (χ2v) is 6.99. The van der Waals surface area contributed by atoms with Gasteiger partial charge < -0.3 is 15.1 Å². The number of aromatic nitrogens is 1. The second kappa shape index (κ2) is 10.5. The number of oxazole rings is 1. The summed E-state index contributed by atoms with van der Waals surface area (Å²) in [5.74, 6) is 2.57. The van der Waals surface area contributed by atoms with Crippen LogP contribution in [-0.4, -0.2) is 36.3 Å². The molecule has 0 bridgehead atoms. The van der Waals surface area contributed by atoms with E-state index in [0.29, 0.717) is 23.3 Å². The minimum absolute atomic E-state index is 0. The lowest BCUT2D eigenvalue weighted by Crippen LogP contribution is -2.27. The maximum atomic E-state index is 11.8. The summed E-state index contributed by atoms with van der Waals surface area (Å²) < 4.78 is 5.50. The van der Waals surface area contributed by atoms with E-state index in [9.17, 15) is 4.79 Å². The van der Waals surface area contributed by atoms with Gasteiger partial charge in [0.15, 0.2) is 0 Å². The predicted octanol–water partition coefficient (Wildman–Crippen LogP) is 3.11. The number of nitrogens with one attached hydrogen (secondary N) is 2. The van der Waals surface area contributed by atoms with Gasteiger partial charge in [0.1, 0.15) is 6.26 Å². The summed E-state index contributed by atoms with van der Waals surface area (Å²) in [4.78, 5) is 16.3. The molecule has 2 N–H and O–H groups in total. The largest absolute Gasteiger partial charge is 0.444 e. The maximum absolute atomic E-state index is 11.8. The van der Waals surface area contributed by atoms with Gasteiger partial charge in [-0.15, -0.1) is 24.2 Å². The lowest BCUT2D eigenvalue weighted by molar-refractivity contribution is -0.118. The number of halogens is 1. The highest BCUT2D eigenvalue weighted by Crippen LogP contribution is 2.20. The van der Waals surface area contributed by atoms with E-state index in [1.165, 1.54) is 6.42 Å². The molecule has 1 unspecified atom stereocenters. The number of carbonyl (C=O) groups excluding carboxylic acids is 1. The number of nitrogens with zero attached hydrogens (tertiary/aromatic N) is 1. The standard InChI is InChI=1S/C18H23N3O2S.ClH/c22-17(20-9-7-14-6-8-19-10-14)13-24-12-16-11-23-18(21-16)15-4-2-1-3-5-15;/h1-5,11,14,19H,6-10,12-13H2,(H,20,22);1H. The van der Waals surface area contributed by atoms with Crippen molar-refractivity contribution < 1.29 is 9.21 Å². The van der Waals surface area contributed by atoms with Crippen LogP contribution >= 0.6 is 24.2 Å². The van der Waals surface area contributed by atoms with Gasteiger partial charge in [0.2, 0.25) is 11.8 Å². The topological polar surface area (TPSA) is 67.2 Å². The Morgan fingerprint density at radius 1 is 1.36 bits per heavy atom. The molecule has 25 heavy (non-hydrogen) atoms. The Labute approximate surface area is 158 Å². The Morgan fingerprint density at radius 2 is 2.20 bits per heavy atom. The molecule has 1 aromatic carbocycles. The van der Waals surface area contributed by atoms with Gasteiger partial charge in [-0.05, 0) is 44.0 Å². The van der Waals surface area contributed by atoms with Gasteiger partial charge in [0, 0.05) is 17.9 Å². The Morgan fingerprint density at radius 3 is 2.96 bits per heavy atom. The number of benzene rings is 1. The molecule has 2 aromatic rings. The summed E-state index contributed by atoms with van der Waals surface area (Å²) in [7, 11) is 0. The fourth-order valence-corrected chi connectivity index (χ4v) is 3.49. The van der Waals surface area contributed by atoms with E-state index in [0.717, 1.165) is 37.3 Å². The quantitative estimate of drug-likeness (QED) is 0.735. The molecule has 0 saturated carbocycles. The molecule has 0 spiro atoms. The first-order chi connectivity index (χ1) is 11.8. The summed E-state index contributed by atoms with van der Waals surface area (Å²) in [5, 5.41) is 6.34. The molecular formula is C18H24ClN3O2S. The van der Waals surface area contributed by atoms with Crippen molar-refractivity contribution >= 4 is 30.1 Å². The van der Waals surface area contributed by atoms with Crippen molar-refractivity contribution in [2.75, 3.05) is 25.4 Å². The zero-order valence-corrected chi connectivity index (χ0v) is 15.7. The molecule has 136 valence electrons. The van der Waals surface area contributed by atoms with Gasteiger partial charge in [-0.25, -0.2) is 4.98 Å². The SMILES string of the molecule is Cl.O=C(CSCc1coc(-c2ccccc2)n1)NCCC1CCNC1. The highest BCUT2D eigenvalue weighted by atomic mass is 35.5. The molecule has 1 aromatic heterocycles. The third-order valence-electron chi connectivity index (χ3n) is 4.09. The summed E-state index contributed by atoms with van der Waals surface area (Å²) in [6.45, 7) is 2.96. The van der Waals surface area contributed by atoms with Gasteiger partial charge in [0.25, 0.3) is 0 Å². The number of hydrogen-bond donors (Lipinski definition) is 2. The molecule has 1 saturated heterocycles. The smallest absolute Gasteiger partial charge is 0.230 e. The Hall–Kier alpha value is -1.50. The fraction of sp³-hybridized carbons (Fsp3) is 0.444. The predicted molar refractivity (Wildman–Crippen MR) is 104 cm³/mol. The number of amides is 1. The molecular weight excluding hydrogens is 358 g/mol. The van der Waals surface area contributed by atoms with E-state index in [-0.39, 0.29) is 18.3 Å². The Balaban J connectivity index is 0.00000225. The summed E-state index contributed by atoms with van der Waals surface area (Å²) in [5.41, 5.74) is 1.83. The molecule has 0 radical (unpaired) electrons. The van der Waals surface area contributed by atoms with Crippen LogP contribution in [0.5, 0.6) is 0 Å². The fourth-order valence-electron chi connectivity index (χ4n) is 2.76. The van der Waals surface area contributed by atoms with Crippen molar-refractivity contribution in [3.63, 3.8) is 0 Å². The van der Waals surface area contributed by atoms with Crippen LogP contribution in [0, 0.1) is 5.92 Å². The molecule has 1 aliphatic heterocycles. The van der Waals surface area contributed by atoms with E-state index in [1.807, 2.05) is 30.3 Å². The zero-order valence-electron chi connectivity index (χ0n) is 14.1. The van der Waals surface area contributed by atoms with Crippen LogP contribution in [0.1, 0.15) is 18.5 Å². The molecule has 5 nitrogen and oxygen atoms in total. The number of thioether (sulfide) groups is 1. The van der Waals surface area contributed by atoms with Crippen LogP contribution in [0.15, 0.2) is 41.0 Å². The third kappa shape index (κ3) is 6.38. The summed E-state index contributed by atoms with van der Waals surface area (Å²) >= 11 is 1.56. The molecule has 3 rings (SSSR count). The van der Waals surface area contributed by atoms with Gasteiger partial charge >= 0.3 is 0 Å². The van der Waals surface area contributed by atoms with Crippen LogP contribution < -0.4 is 10.6 Å². The number of hydrogen-bond acceptors (Lipinski definition) is 5. The average molecular weight is 382 g/mol. The van der Waals surface area contributed by atoms with Crippen LogP contribution in [0.25, 0.3) is 11.5 Å². The second-order valence-electron chi connectivity index (χ2n) is 6.00. The van der Waals surface area contributed by atoms with Crippen molar-refractivity contribution in [3.8, 4) is 11.5 Å². The van der Waals surface area contributed by atoms with Crippen molar-refractivity contribution in [1.29, 1.82) is 0 Å². The first kappa shape index (κ1) is 19.8. The van der Waals surface area contributed by atoms with Gasteiger partial charge in [0.05, 0.1) is 11.4 Å². The third-order valence-corrected chi connectivity index (χ3v) is 5.06. The van der Waals surface area contributed by atoms with E-state index in [1.54, 1.807) is 18.0 Å². The minimum atomic E-state index is 0. The van der Waals surface area contributed by atoms with Gasteiger partial charge in [-0.1, -0.05) is 18.2 Å². The summed E-state index contributed by atoms with van der Waals surface area (Å²) in [6.07, 6.45) is 3.95. The average Bonchev–Trinajstić information content (AvgIpc) is 3.28. The molecule has 0 aliphatic carbocycles. The molecule has 1 amide bonds. The van der Waals surface area contributed by atoms with Crippen LogP contribution in [0.2, 0.25) is 0 Å². The lowest BCUT2D eigenvalue weighted by atomic mass is 10.1. The number of carbonyl (C=O) groups is 1. The molecule has 1 fully saturated rings. The Kier molecular flexibility index (Phi) is 8.31. The van der Waals surface area contributed by atoms with Crippen LogP contribution in [0.3, 0.4) is 0 Å². The lowest BCUT2D eigenvalue weighted by Gasteiger charge is -2.09. The van der Waals surface area contributed by atoms with Crippen LogP contribution in [0.4, 0.5) is 0 Å². The highest BCUT2D eigenvalue weighted by molar-refractivity contribution is 7.99. The first-order valence-electron chi connectivity index (χ1n) is 8.36. The molecule has 2 heterocycles. The normalized spacial score (nSPS) is 16.4. The van der Waals surface area contributed by atoms with Crippen molar-refractivity contribution in [2.45, 2.75) is 18.6 Å². The van der Waals surface area contributed by atoms with Crippen molar-refractivity contribution in [1.82, 2.24) is 15.6 Å². The zero-order chi connectivity index (χ0) is 16.6. The van der Waals surface area contributed by atoms with E-state index in [4.69, 9.17) is 4.42 Å². The highest BCUT2D eigenvalue weighted by Gasteiger charge is 2.14. The molecule has 1 aliphatic rings. The van der Waals surface area contributed by atoms with Crippen molar-refractivity contribution in [3.05, 3.63) is 42.3 Å². The Bertz CT molecular complexity index is 645. The molecule has 1 atom stereocenters. The number of rotatable bonds is 8. The summed E-state index contributed by atoms with van der Waals surface area (Å²) in [6, 6.07) is 9.82. The van der Waals surface area contributed by atoms with E-state index in [2.05, 4.69) is 15.6 Å². The minimum Gasteiger partial charge on any atom is -0.444 e. The van der Waals surface area contributed by atoms with Gasteiger partial charge in [-0.2, -0.15) is 0 Å². The monoisotopic (exact) mass is 381 g/mol. The van der Waals surface area contributed by atoms with E-state index < -0.39 is 0 Å². The maximum Gasteiger partial charge on any atom is 0.230 e. The van der Waals surface area contributed by atoms with Crippen LogP contribution in [-0.2, 0) is 10.5 Å². The first-order valence-corrected chi connectivity index (χ1v) is 9.52. The van der Waals surface area contributed by atoms with E-state index >= 15 is 0 Å². The van der Waals surface area contributed by atoms with Crippen molar-refractivity contribution in [2.24, 2.45) is 5.92 Å². The van der Waals surface area contributed by atoms with Gasteiger partial charge in [-0.3, -0.25) is 4.79 Å². The molecule has 7 heteroatoms.